The Morgan fingerprint density at radius 2 is 2.00 bits per heavy atom. The van der Waals surface area contributed by atoms with E-state index in [1.54, 1.807) is 0 Å². The van der Waals surface area contributed by atoms with Gasteiger partial charge in [0.1, 0.15) is 0 Å². The third-order valence-corrected chi connectivity index (χ3v) is 3.37. The molecule has 1 N–H and O–H groups in total. The van der Waals surface area contributed by atoms with Gasteiger partial charge < -0.3 is 10.0 Å². The first kappa shape index (κ1) is 12.0. The maximum Gasteiger partial charge on any atom is 0.0664 e. The number of likely N-dealkylation sites (tertiary alicyclic amines) is 1. The van der Waals surface area contributed by atoms with Crippen LogP contribution in [-0.2, 0) is 0 Å². The minimum atomic E-state index is -0.129. The van der Waals surface area contributed by atoms with Crippen LogP contribution < -0.4 is 0 Å². The van der Waals surface area contributed by atoms with E-state index in [1.807, 2.05) is 6.92 Å². The highest BCUT2D eigenvalue weighted by molar-refractivity contribution is 4.77. The molecule has 0 saturated carbocycles. The van der Waals surface area contributed by atoms with Crippen LogP contribution in [0.15, 0.2) is 0 Å². The molecule has 14 heavy (non-hydrogen) atoms. The highest BCUT2D eigenvalue weighted by Crippen LogP contribution is 2.29. The Hall–Kier alpha value is -0.0800. The Balaban J connectivity index is 2.35. The second-order valence-corrected chi connectivity index (χ2v) is 5.38. The number of hydrogen-bond acceptors (Lipinski definition) is 2. The molecule has 2 nitrogen and oxygen atoms in total. The first-order valence-electron chi connectivity index (χ1n) is 5.94. The molecule has 84 valence electrons. The van der Waals surface area contributed by atoms with Gasteiger partial charge in [-0.15, -0.1) is 0 Å². The number of aliphatic hydroxyl groups excluding tert-OH is 1. The van der Waals surface area contributed by atoms with Gasteiger partial charge in [-0.2, -0.15) is 0 Å². The summed E-state index contributed by atoms with van der Waals surface area (Å²) in [6, 6.07) is 0. The van der Waals surface area contributed by atoms with Crippen LogP contribution in [0.5, 0.6) is 0 Å². The Morgan fingerprint density at radius 3 is 2.64 bits per heavy atom. The maximum absolute atomic E-state index is 9.59. The second kappa shape index (κ2) is 5.13. The molecule has 1 rings (SSSR count). The molecule has 1 heterocycles. The van der Waals surface area contributed by atoms with Crippen LogP contribution in [0.25, 0.3) is 0 Å². The second-order valence-electron chi connectivity index (χ2n) is 5.38. The van der Waals surface area contributed by atoms with Gasteiger partial charge in [0.25, 0.3) is 0 Å². The Morgan fingerprint density at radius 1 is 1.29 bits per heavy atom. The lowest BCUT2D eigenvalue weighted by Crippen LogP contribution is -2.33. The van der Waals surface area contributed by atoms with Gasteiger partial charge in [0, 0.05) is 6.54 Å². The van der Waals surface area contributed by atoms with Gasteiger partial charge in [-0.1, -0.05) is 20.8 Å². The molecular formula is C12H25NO. The topological polar surface area (TPSA) is 23.5 Å². The molecule has 0 aromatic carbocycles. The monoisotopic (exact) mass is 199 g/mol. The van der Waals surface area contributed by atoms with Gasteiger partial charge in [-0.3, -0.25) is 0 Å². The smallest absolute Gasteiger partial charge is 0.0664 e. The summed E-state index contributed by atoms with van der Waals surface area (Å²) in [4.78, 5) is 2.42. The average molecular weight is 199 g/mol. The Labute approximate surface area is 88.3 Å². The van der Waals surface area contributed by atoms with E-state index in [4.69, 9.17) is 0 Å². The molecule has 0 radical (unpaired) electrons. The van der Waals surface area contributed by atoms with Crippen LogP contribution in [0.1, 0.15) is 46.5 Å². The number of nitrogens with zero attached hydrogens (tertiary/aromatic N) is 1. The van der Waals surface area contributed by atoms with Crippen molar-refractivity contribution in [2.75, 3.05) is 19.6 Å². The molecule has 1 unspecified atom stereocenters. The molecule has 0 amide bonds. The maximum atomic E-state index is 9.59. The summed E-state index contributed by atoms with van der Waals surface area (Å²) in [5, 5.41) is 9.59. The van der Waals surface area contributed by atoms with Gasteiger partial charge in [-0.25, -0.2) is 0 Å². The highest BCUT2D eigenvalue weighted by atomic mass is 16.3. The van der Waals surface area contributed by atoms with Crippen LogP contribution >= 0.6 is 0 Å². The van der Waals surface area contributed by atoms with E-state index in [1.165, 1.54) is 25.8 Å². The fraction of sp³-hybridized carbons (Fsp3) is 1.00. The molecule has 1 aliphatic rings. The average Bonchev–Trinajstić information content (AvgIpc) is 2.28. The van der Waals surface area contributed by atoms with Gasteiger partial charge in [0.05, 0.1) is 6.10 Å². The van der Waals surface area contributed by atoms with Crippen molar-refractivity contribution in [3.63, 3.8) is 0 Å². The summed E-state index contributed by atoms with van der Waals surface area (Å²) in [6.07, 6.45) is 4.62. The fourth-order valence-corrected chi connectivity index (χ4v) is 2.09. The lowest BCUT2D eigenvalue weighted by molar-refractivity contribution is 0.109. The van der Waals surface area contributed by atoms with E-state index >= 15 is 0 Å². The summed E-state index contributed by atoms with van der Waals surface area (Å²) >= 11 is 0. The summed E-state index contributed by atoms with van der Waals surface area (Å²) in [6.45, 7) is 9.95. The third kappa shape index (κ3) is 3.97. The molecule has 1 atom stereocenters. The SMILES string of the molecule is CCC(O)CN1CCCC(C)(C)CC1. The molecule has 0 aromatic rings. The van der Waals surface area contributed by atoms with E-state index < -0.39 is 0 Å². The zero-order chi connectivity index (χ0) is 10.6. The van der Waals surface area contributed by atoms with E-state index in [0.717, 1.165) is 19.5 Å². The van der Waals surface area contributed by atoms with E-state index in [0.29, 0.717) is 5.41 Å². The molecule has 2 heteroatoms. The Kier molecular flexibility index (Phi) is 4.39. The molecular weight excluding hydrogens is 174 g/mol. The Bertz CT molecular complexity index is 168. The lowest BCUT2D eigenvalue weighted by Gasteiger charge is -2.24. The van der Waals surface area contributed by atoms with Gasteiger partial charge >= 0.3 is 0 Å². The minimum Gasteiger partial charge on any atom is -0.392 e. The molecule has 1 aliphatic heterocycles. The van der Waals surface area contributed by atoms with Crippen molar-refractivity contribution in [3.05, 3.63) is 0 Å². The zero-order valence-electron chi connectivity index (χ0n) is 9.92. The van der Waals surface area contributed by atoms with Crippen LogP contribution in [-0.4, -0.2) is 35.7 Å². The predicted molar refractivity (Wildman–Crippen MR) is 60.4 cm³/mol. The number of aliphatic hydroxyl groups is 1. The van der Waals surface area contributed by atoms with Crippen LogP contribution in [0.4, 0.5) is 0 Å². The van der Waals surface area contributed by atoms with Gasteiger partial charge in [0.15, 0.2) is 0 Å². The quantitative estimate of drug-likeness (QED) is 0.753. The highest BCUT2D eigenvalue weighted by Gasteiger charge is 2.23. The van der Waals surface area contributed by atoms with E-state index in [2.05, 4.69) is 18.7 Å². The molecule has 0 aromatic heterocycles. The van der Waals surface area contributed by atoms with Crippen LogP contribution in [0.3, 0.4) is 0 Å². The molecule has 0 spiro atoms. The summed E-state index contributed by atoms with van der Waals surface area (Å²) in [5.74, 6) is 0. The third-order valence-electron chi connectivity index (χ3n) is 3.37. The van der Waals surface area contributed by atoms with Crippen molar-refractivity contribution >= 4 is 0 Å². The molecule has 0 bridgehead atoms. The van der Waals surface area contributed by atoms with Crippen LogP contribution in [0, 0.1) is 5.41 Å². The van der Waals surface area contributed by atoms with Crippen molar-refractivity contribution < 1.29 is 5.11 Å². The zero-order valence-corrected chi connectivity index (χ0v) is 9.92. The van der Waals surface area contributed by atoms with Crippen molar-refractivity contribution in [2.24, 2.45) is 5.41 Å². The van der Waals surface area contributed by atoms with Crippen LogP contribution in [0.2, 0.25) is 0 Å². The summed E-state index contributed by atoms with van der Waals surface area (Å²) in [7, 11) is 0. The molecule has 0 aliphatic carbocycles. The molecule has 1 fully saturated rings. The number of β-amino-alcohol motifs (C(OH)–C–C–N with tert-alkyl or cyclic N) is 1. The molecule has 1 saturated heterocycles. The first-order chi connectivity index (χ1) is 6.53. The summed E-state index contributed by atoms with van der Waals surface area (Å²) in [5.41, 5.74) is 0.506. The van der Waals surface area contributed by atoms with Crippen molar-refractivity contribution in [2.45, 2.75) is 52.6 Å². The van der Waals surface area contributed by atoms with Crippen molar-refractivity contribution in [3.8, 4) is 0 Å². The van der Waals surface area contributed by atoms with Crippen molar-refractivity contribution in [1.82, 2.24) is 4.90 Å². The lowest BCUT2D eigenvalue weighted by atomic mass is 9.85. The first-order valence-corrected chi connectivity index (χ1v) is 5.94. The largest absolute Gasteiger partial charge is 0.392 e. The normalized spacial score (nSPS) is 25.7. The fourth-order valence-electron chi connectivity index (χ4n) is 2.09. The predicted octanol–water partition coefficient (Wildman–Crippen LogP) is 2.27. The number of hydrogen-bond donors (Lipinski definition) is 1. The van der Waals surface area contributed by atoms with Crippen molar-refractivity contribution in [1.29, 1.82) is 0 Å². The summed E-state index contributed by atoms with van der Waals surface area (Å²) < 4.78 is 0. The number of rotatable bonds is 3. The minimum absolute atomic E-state index is 0.129. The van der Waals surface area contributed by atoms with E-state index in [-0.39, 0.29) is 6.10 Å². The van der Waals surface area contributed by atoms with Gasteiger partial charge in [-0.05, 0) is 44.2 Å². The van der Waals surface area contributed by atoms with E-state index in [9.17, 15) is 5.11 Å². The standard InChI is InChI=1S/C12H25NO/c1-4-11(14)10-13-8-5-6-12(2,3)7-9-13/h11,14H,4-10H2,1-3H3. The van der Waals surface area contributed by atoms with Gasteiger partial charge in [0.2, 0.25) is 0 Å².